The van der Waals surface area contributed by atoms with Gasteiger partial charge in [-0.25, -0.2) is 4.98 Å². The third-order valence-corrected chi connectivity index (χ3v) is 2.43. The highest BCUT2D eigenvalue weighted by Gasteiger charge is 2.40. The monoisotopic (exact) mass is 201 g/mol. The van der Waals surface area contributed by atoms with E-state index in [9.17, 15) is 9.50 Å². The maximum absolute atomic E-state index is 13.0. The molecular formula is C9H9ClFNO. The van der Waals surface area contributed by atoms with Crippen LogP contribution in [0.2, 0.25) is 5.02 Å². The van der Waals surface area contributed by atoms with Gasteiger partial charge in [-0.05, 0) is 18.9 Å². The molecule has 0 saturated heterocycles. The van der Waals surface area contributed by atoms with E-state index in [2.05, 4.69) is 4.98 Å². The van der Waals surface area contributed by atoms with E-state index in [1.54, 1.807) is 0 Å². The molecule has 4 heteroatoms. The highest BCUT2D eigenvalue weighted by atomic mass is 35.5. The predicted molar refractivity (Wildman–Crippen MR) is 47.1 cm³/mol. The highest BCUT2D eigenvalue weighted by molar-refractivity contribution is 6.30. The molecule has 2 rings (SSSR count). The normalized spacial score (nSPS) is 18.7. The third-order valence-electron chi connectivity index (χ3n) is 2.22. The summed E-state index contributed by atoms with van der Waals surface area (Å²) in [6, 6.07) is 1.51. The lowest BCUT2D eigenvalue weighted by molar-refractivity contribution is 0.149. The predicted octanol–water partition coefficient (Wildman–Crippen LogP) is 1.94. The molecule has 1 aliphatic rings. The number of halogens is 2. The SMILES string of the molecule is OC1(Cc2cc(Cl)cnc2F)CC1. The number of rotatable bonds is 2. The molecule has 1 aromatic rings. The fourth-order valence-electron chi connectivity index (χ4n) is 1.26. The molecule has 0 bridgehead atoms. The van der Waals surface area contributed by atoms with Gasteiger partial charge in [0.25, 0.3) is 0 Å². The van der Waals surface area contributed by atoms with Gasteiger partial charge in [0.05, 0.1) is 10.6 Å². The molecule has 0 atom stereocenters. The van der Waals surface area contributed by atoms with Crippen molar-refractivity contribution in [1.82, 2.24) is 4.98 Å². The average molecular weight is 202 g/mol. The molecule has 0 amide bonds. The zero-order valence-electron chi connectivity index (χ0n) is 6.93. The van der Waals surface area contributed by atoms with Crippen molar-refractivity contribution < 1.29 is 9.50 Å². The fourth-order valence-corrected chi connectivity index (χ4v) is 1.44. The van der Waals surface area contributed by atoms with Crippen molar-refractivity contribution in [2.24, 2.45) is 0 Å². The Hall–Kier alpha value is -0.670. The smallest absolute Gasteiger partial charge is 0.216 e. The third kappa shape index (κ3) is 1.98. The van der Waals surface area contributed by atoms with E-state index in [1.165, 1.54) is 12.3 Å². The summed E-state index contributed by atoms with van der Waals surface area (Å²) in [4.78, 5) is 3.48. The maximum atomic E-state index is 13.0. The van der Waals surface area contributed by atoms with Gasteiger partial charge in [-0.2, -0.15) is 4.39 Å². The van der Waals surface area contributed by atoms with Crippen LogP contribution in [0.1, 0.15) is 18.4 Å². The lowest BCUT2D eigenvalue weighted by atomic mass is 10.1. The van der Waals surface area contributed by atoms with Gasteiger partial charge in [0.2, 0.25) is 5.95 Å². The van der Waals surface area contributed by atoms with Crippen molar-refractivity contribution in [3.05, 3.63) is 28.8 Å². The van der Waals surface area contributed by atoms with Crippen molar-refractivity contribution in [1.29, 1.82) is 0 Å². The molecule has 0 spiro atoms. The molecule has 0 radical (unpaired) electrons. The van der Waals surface area contributed by atoms with E-state index in [0.717, 1.165) is 12.8 Å². The first kappa shape index (κ1) is 8.91. The van der Waals surface area contributed by atoms with E-state index >= 15 is 0 Å². The van der Waals surface area contributed by atoms with E-state index in [-0.39, 0.29) is 0 Å². The standard InChI is InChI=1S/C9H9ClFNO/c10-7-3-6(8(11)12-5-7)4-9(13)1-2-9/h3,5,13H,1-2,4H2. The van der Waals surface area contributed by atoms with Gasteiger partial charge in [0.1, 0.15) is 0 Å². The summed E-state index contributed by atoms with van der Waals surface area (Å²) >= 11 is 5.66. The van der Waals surface area contributed by atoms with Gasteiger partial charge in [0.15, 0.2) is 0 Å². The lowest BCUT2D eigenvalue weighted by Gasteiger charge is -2.07. The summed E-state index contributed by atoms with van der Waals surface area (Å²) in [5, 5.41) is 9.96. The van der Waals surface area contributed by atoms with Crippen LogP contribution in [0.15, 0.2) is 12.3 Å². The van der Waals surface area contributed by atoms with Gasteiger partial charge in [-0.1, -0.05) is 11.6 Å². The minimum absolute atomic E-state index is 0.312. The molecule has 1 fully saturated rings. The van der Waals surface area contributed by atoms with Crippen molar-refractivity contribution in [2.75, 3.05) is 0 Å². The van der Waals surface area contributed by atoms with E-state index < -0.39 is 11.5 Å². The highest BCUT2D eigenvalue weighted by Crippen LogP contribution is 2.38. The van der Waals surface area contributed by atoms with Gasteiger partial charge >= 0.3 is 0 Å². The van der Waals surface area contributed by atoms with E-state index in [1.807, 2.05) is 0 Å². The molecular weight excluding hydrogens is 193 g/mol. The number of aromatic nitrogens is 1. The minimum atomic E-state index is -0.701. The summed E-state index contributed by atoms with van der Waals surface area (Å²) < 4.78 is 13.0. The van der Waals surface area contributed by atoms with Crippen LogP contribution >= 0.6 is 11.6 Å². The number of aliphatic hydroxyl groups is 1. The Bertz CT molecular complexity index is 338. The zero-order valence-corrected chi connectivity index (χ0v) is 7.68. The van der Waals surface area contributed by atoms with Crippen LogP contribution in [0.3, 0.4) is 0 Å². The van der Waals surface area contributed by atoms with Crippen molar-refractivity contribution >= 4 is 11.6 Å². The Morgan fingerprint density at radius 3 is 2.92 bits per heavy atom. The quantitative estimate of drug-likeness (QED) is 0.742. The van der Waals surface area contributed by atoms with E-state index in [4.69, 9.17) is 11.6 Å². The van der Waals surface area contributed by atoms with Crippen LogP contribution in [-0.4, -0.2) is 15.7 Å². The number of hydrogen-bond donors (Lipinski definition) is 1. The van der Waals surface area contributed by atoms with Gasteiger partial charge < -0.3 is 5.11 Å². The van der Waals surface area contributed by atoms with Crippen molar-refractivity contribution in [3.63, 3.8) is 0 Å². The molecule has 1 saturated carbocycles. The molecule has 13 heavy (non-hydrogen) atoms. The van der Waals surface area contributed by atoms with Crippen LogP contribution in [0, 0.1) is 5.95 Å². The van der Waals surface area contributed by atoms with Crippen LogP contribution in [-0.2, 0) is 6.42 Å². The van der Waals surface area contributed by atoms with Crippen molar-refractivity contribution in [2.45, 2.75) is 24.9 Å². The summed E-state index contributed by atoms with van der Waals surface area (Å²) in [7, 11) is 0. The van der Waals surface area contributed by atoms with Crippen LogP contribution in [0.25, 0.3) is 0 Å². The zero-order chi connectivity index (χ0) is 9.47. The van der Waals surface area contributed by atoms with Crippen LogP contribution in [0.4, 0.5) is 4.39 Å². The molecule has 0 aromatic carbocycles. The number of hydrogen-bond acceptors (Lipinski definition) is 2. The second kappa shape index (κ2) is 2.93. The second-order valence-electron chi connectivity index (χ2n) is 3.50. The molecule has 0 aliphatic heterocycles. The summed E-state index contributed by atoms with van der Waals surface area (Å²) in [6.07, 6.45) is 3.04. The van der Waals surface area contributed by atoms with Crippen LogP contribution in [0.5, 0.6) is 0 Å². The molecule has 2 nitrogen and oxygen atoms in total. The lowest BCUT2D eigenvalue weighted by Crippen LogP contribution is -2.12. The Morgan fingerprint density at radius 2 is 2.31 bits per heavy atom. The first-order valence-electron chi connectivity index (χ1n) is 4.11. The summed E-state index contributed by atoms with van der Waals surface area (Å²) in [5.74, 6) is -0.537. The summed E-state index contributed by atoms with van der Waals surface area (Å²) in [6.45, 7) is 0. The van der Waals surface area contributed by atoms with Crippen molar-refractivity contribution in [3.8, 4) is 0 Å². The Balaban J connectivity index is 2.23. The molecule has 1 heterocycles. The second-order valence-corrected chi connectivity index (χ2v) is 3.94. The van der Waals surface area contributed by atoms with E-state index in [0.29, 0.717) is 17.0 Å². The molecule has 0 unspecified atom stereocenters. The first-order chi connectivity index (χ1) is 6.09. The first-order valence-corrected chi connectivity index (χ1v) is 4.49. The Morgan fingerprint density at radius 1 is 1.62 bits per heavy atom. The minimum Gasteiger partial charge on any atom is -0.390 e. The largest absolute Gasteiger partial charge is 0.390 e. The molecule has 1 aliphatic carbocycles. The van der Waals surface area contributed by atoms with Crippen LogP contribution < -0.4 is 0 Å². The molecule has 70 valence electrons. The molecule has 1 N–H and O–H groups in total. The van der Waals surface area contributed by atoms with Gasteiger partial charge in [0, 0.05) is 18.2 Å². The number of pyridine rings is 1. The average Bonchev–Trinajstić information content (AvgIpc) is 2.76. The van der Waals surface area contributed by atoms with Gasteiger partial charge in [-0.3, -0.25) is 0 Å². The fraction of sp³-hybridized carbons (Fsp3) is 0.444. The van der Waals surface area contributed by atoms with Gasteiger partial charge in [-0.15, -0.1) is 0 Å². The molecule has 1 aromatic heterocycles. The topological polar surface area (TPSA) is 33.1 Å². The number of nitrogens with zero attached hydrogens (tertiary/aromatic N) is 1. The Kier molecular flexibility index (Phi) is 2.00. The Labute approximate surface area is 80.4 Å². The summed E-state index contributed by atoms with van der Waals surface area (Å²) in [5.41, 5.74) is -0.305. The maximum Gasteiger partial charge on any atom is 0.216 e.